The predicted molar refractivity (Wildman–Crippen MR) is 167 cm³/mol. The summed E-state index contributed by atoms with van der Waals surface area (Å²) in [5.41, 5.74) is 3.89. The molecule has 2 amide bonds. The highest BCUT2D eigenvalue weighted by atomic mass is 16.2. The highest BCUT2D eigenvalue weighted by Crippen LogP contribution is 2.31. The first-order valence-corrected chi connectivity index (χ1v) is 15.3. The molecule has 3 aliphatic rings. The van der Waals surface area contributed by atoms with Crippen LogP contribution < -0.4 is 10.8 Å². The molecule has 43 heavy (non-hydrogen) atoms. The number of nitriles is 1. The normalized spacial score (nSPS) is 21.9. The van der Waals surface area contributed by atoms with Gasteiger partial charge in [0, 0.05) is 61.0 Å². The third-order valence-electron chi connectivity index (χ3n) is 9.13. The maximum Gasteiger partial charge on any atom is 0.253 e. The molecule has 3 N–H and O–H groups in total. The maximum atomic E-state index is 13.1. The van der Waals surface area contributed by atoms with Crippen molar-refractivity contribution in [2.75, 3.05) is 45.6 Å². The van der Waals surface area contributed by atoms with Gasteiger partial charge in [0.25, 0.3) is 5.91 Å². The van der Waals surface area contributed by atoms with Crippen LogP contribution >= 0.6 is 0 Å². The summed E-state index contributed by atoms with van der Waals surface area (Å²) >= 11 is 0. The van der Waals surface area contributed by atoms with Gasteiger partial charge in [-0.25, -0.2) is 0 Å². The minimum absolute atomic E-state index is 0.0109. The Balaban J connectivity index is 1.19. The number of H-pyrrole nitrogens is 1. The first kappa shape index (κ1) is 30.2. The Morgan fingerprint density at radius 2 is 1.79 bits per heavy atom. The molecule has 0 atom stereocenters. The van der Waals surface area contributed by atoms with E-state index in [1.165, 1.54) is 0 Å². The summed E-state index contributed by atoms with van der Waals surface area (Å²) in [6.45, 7) is 3.19. The Bertz CT molecular complexity index is 1450. The van der Waals surface area contributed by atoms with Gasteiger partial charge in [-0.05, 0) is 107 Å². The number of hydrogen-bond acceptors (Lipinski definition) is 5. The van der Waals surface area contributed by atoms with Crippen LogP contribution in [0.1, 0.15) is 60.9 Å². The lowest BCUT2D eigenvalue weighted by atomic mass is 9.82. The van der Waals surface area contributed by atoms with E-state index >= 15 is 0 Å². The van der Waals surface area contributed by atoms with Gasteiger partial charge in [-0.15, -0.1) is 0 Å². The summed E-state index contributed by atoms with van der Waals surface area (Å²) < 4.78 is 0. The summed E-state index contributed by atoms with van der Waals surface area (Å²) in [5.74, 6) is 0.299. The van der Waals surface area contributed by atoms with E-state index in [1.54, 1.807) is 30.5 Å². The lowest BCUT2D eigenvalue weighted by molar-refractivity contribution is -0.136. The van der Waals surface area contributed by atoms with Gasteiger partial charge in [0.1, 0.15) is 5.49 Å². The fourth-order valence-corrected chi connectivity index (χ4v) is 6.35. The van der Waals surface area contributed by atoms with Crippen LogP contribution in [0.15, 0.2) is 53.7 Å². The van der Waals surface area contributed by atoms with Gasteiger partial charge in [-0.3, -0.25) is 15.0 Å². The maximum absolute atomic E-state index is 13.1. The van der Waals surface area contributed by atoms with Gasteiger partial charge in [-0.1, -0.05) is 6.08 Å². The molecule has 1 aliphatic carbocycles. The first-order valence-electron chi connectivity index (χ1n) is 15.3. The quantitative estimate of drug-likeness (QED) is 0.361. The summed E-state index contributed by atoms with van der Waals surface area (Å²) in [5, 5.41) is 20.7. The fourth-order valence-electron chi connectivity index (χ4n) is 6.35. The van der Waals surface area contributed by atoms with Crippen molar-refractivity contribution in [3.63, 3.8) is 0 Å². The zero-order valence-corrected chi connectivity index (χ0v) is 25.2. The minimum Gasteiger partial charge on any atom is -0.346 e. The number of guanidine groups is 1. The molecule has 1 saturated heterocycles. The Morgan fingerprint density at radius 3 is 2.44 bits per heavy atom. The Morgan fingerprint density at radius 1 is 1.07 bits per heavy atom. The molecule has 0 spiro atoms. The summed E-state index contributed by atoms with van der Waals surface area (Å²) in [6.07, 6.45) is 9.75. The Labute approximate surface area is 253 Å². The van der Waals surface area contributed by atoms with Crippen molar-refractivity contribution >= 4 is 29.0 Å². The van der Waals surface area contributed by atoms with Gasteiger partial charge in [0.05, 0.1) is 6.07 Å². The van der Waals surface area contributed by atoms with E-state index in [9.17, 15) is 9.59 Å². The van der Waals surface area contributed by atoms with Crippen molar-refractivity contribution in [2.24, 2.45) is 16.8 Å². The number of likely N-dealkylation sites (tertiary alicyclic amines) is 1. The molecular formula is C33H42N8O2. The van der Waals surface area contributed by atoms with Gasteiger partial charge in [-0.2, -0.15) is 10.3 Å². The van der Waals surface area contributed by atoms with Crippen LogP contribution in [0.25, 0.3) is 5.57 Å². The second-order valence-corrected chi connectivity index (χ2v) is 12.0. The molecule has 0 radical (unpaired) electrons. The monoisotopic (exact) mass is 582 g/mol. The summed E-state index contributed by atoms with van der Waals surface area (Å²) in [7, 11) is 3.99. The molecule has 2 fully saturated rings. The number of nitrogens with one attached hydrogen (secondary N) is 3. The second-order valence-electron chi connectivity index (χ2n) is 12.0. The van der Waals surface area contributed by atoms with Crippen LogP contribution in [-0.2, 0) is 4.79 Å². The fraction of sp³-hybridized carbons (Fsp3) is 0.485. The van der Waals surface area contributed by atoms with E-state index in [4.69, 9.17) is 10.7 Å². The number of aromatic nitrogens is 1. The molecule has 1 aromatic carbocycles. The number of carbonyl (C=O) groups is 2. The largest absolute Gasteiger partial charge is 0.346 e. The smallest absolute Gasteiger partial charge is 0.253 e. The van der Waals surface area contributed by atoms with E-state index in [0.29, 0.717) is 36.2 Å². The molecule has 0 bridgehead atoms. The van der Waals surface area contributed by atoms with E-state index in [2.05, 4.69) is 39.4 Å². The lowest BCUT2D eigenvalue weighted by Crippen LogP contribution is -2.44. The molecule has 2 aromatic rings. The van der Waals surface area contributed by atoms with E-state index in [0.717, 1.165) is 62.8 Å². The number of pyridine rings is 1. The highest BCUT2D eigenvalue weighted by molar-refractivity contribution is 5.96. The molecule has 1 aromatic heterocycles. The first-order chi connectivity index (χ1) is 20.8. The molecule has 10 heteroatoms. The molecular weight excluding hydrogens is 540 g/mol. The van der Waals surface area contributed by atoms with Crippen molar-refractivity contribution < 1.29 is 9.59 Å². The van der Waals surface area contributed by atoms with Crippen molar-refractivity contribution in [3.05, 3.63) is 65.3 Å². The number of aromatic amines is 1. The molecule has 10 nitrogen and oxygen atoms in total. The Kier molecular flexibility index (Phi) is 9.72. The number of piperidine rings is 1. The number of amides is 2. The molecule has 2 aliphatic heterocycles. The number of rotatable bonds is 5. The minimum atomic E-state index is -0.0209. The predicted octanol–water partition coefficient (Wildman–Crippen LogP) is 4.07. The van der Waals surface area contributed by atoms with Crippen molar-refractivity contribution in [1.82, 2.24) is 19.7 Å². The number of carbonyl (C=O) groups excluding carboxylic acids is 2. The van der Waals surface area contributed by atoms with Crippen LogP contribution in [-0.4, -0.2) is 83.8 Å². The highest BCUT2D eigenvalue weighted by Gasteiger charge is 2.30. The number of nitrogens with zero attached hydrogens (tertiary/aromatic N) is 5. The van der Waals surface area contributed by atoms with Gasteiger partial charge >= 0.3 is 0 Å². The second kappa shape index (κ2) is 13.8. The van der Waals surface area contributed by atoms with E-state index in [1.807, 2.05) is 29.0 Å². The van der Waals surface area contributed by atoms with Crippen LogP contribution in [0.5, 0.6) is 0 Å². The van der Waals surface area contributed by atoms with Crippen LogP contribution in [0.3, 0.4) is 0 Å². The summed E-state index contributed by atoms with van der Waals surface area (Å²) in [6, 6.07) is 13.7. The number of hydrogen-bond donors (Lipinski definition) is 3. The molecule has 3 heterocycles. The van der Waals surface area contributed by atoms with Crippen LogP contribution in [0.2, 0.25) is 0 Å². The topological polar surface area (TPSA) is 132 Å². The average molecular weight is 583 g/mol. The van der Waals surface area contributed by atoms with Crippen molar-refractivity contribution in [3.8, 4) is 6.07 Å². The SMILES string of the molecule is CN1CCC(N(C)C(=O)c2ccc(NC(=N)/N=c3\[nH]cccc3C3=CCN(C(=O)[C@H]4CC[C@H](C#N)CC4)CC3)cc2)CC1. The van der Waals surface area contributed by atoms with Crippen molar-refractivity contribution in [1.29, 1.82) is 10.7 Å². The molecule has 1 saturated carbocycles. The molecule has 5 rings (SSSR count). The zero-order valence-electron chi connectivity index (χ0n) is 25.2. The molecule has 226 valence electrons. The van der Waals surface area contributed by atoms with Crippen molar-refractivity contribution in [2.45, 2.75) is 51.0 Å². The zero-order chi connectivity index (χ0) is 30.3. The van der Waals surface area contributed by atoms with Crippen LogP contribution in [0.4, 0.5) is 5.69 Å². The van der Waals surface area contributed by atoms with Gasteiger partial charge in [0.2, 0.25) is 11.9 Å². The average Bonchev–Trinajstić information content (AvgIpc) is 3.05. The molecule has 0 unspecified atom stereocenters. The van der Waals surface area contributed by atoms with Gasteiger partial charge < -0.3 is 25.0 Å². The third kappa shape index (κ3) is 7.41. The van der Waals surface area contributed by atoms with Crippen LogP contribution in [0, 0.1) is 28.6 Å². The lowest BCUT2D eigenvalue weighted by Gasteiger charge is -2.35. The van der Waals surface area contributed by atoms with Gasteiger partial charge in [0.15, 0.2) is 0 Å². The number of benzene rings is 1. The Hall–Kier alpha value is -4.23. The number of anilines is 1. The van der Waals surface area contributed by atoms with E-state index < -0.39 is 0 Å². The van der Waals surface area contributed by atoms with E-state index in [-0.39, 0.29) is 35.7 Å². The standard InChI is InChI=1S/C33H42N8O2/c1-39-18-15-28(16-19-39)40(2)31(42)25-9-11-27(12-10-25)37-33(35)38-30-29(4-3-17-36-30)24-13-20-41(21-14-24)32(43)26-7-5-23(22-34)6-8-26/h3-4,9-13,17,23,26,28H,5-8,14-16,18-21H2,1-2H3,(H3,35,36,37,38)/t23-,26-. The third-order valence-corrected chi connectivity index (χ3v) is 9.13. The summed E-state index contributed by atoms with van der Waals surface area (Å²) in [4.78, 5) is 39.9.